The molecule has 1 aromatic heterocycles. The Kier molecular flexibility index (Phi) is 4.55. The lowest BCUT2D eigenvalue weighted by molar-refractivity contribution is 0.0696. The first-order valence-corrected chi connectivity index (χ1v) is 7.10. The number of carboxylic acid groups (broad SMARTS) is 1. The maximum Gasteiger partial charge on any atom is 0.335 e. The molecule has 0 aliphatic carbocycles. The number of nitrogens with zero attached hydrogens (tertiary/aromatic N) is 1. The molecule has 1 aromatic carbocycles. The summed E-state index contributed by atoms with van der Waals surface area (Å²) in [6.45, 7) is 0. The van der Waals surface area contributed by atoms with Gasteiger partial charge in [0.25, 0.3) is 0 Å². The molecule has 0 spiro atoms. The van der Waals surface area contributed by atoms with Crippen LogP contribution in [0.4, 0.5) is 4.39 Å². The van der Waals surface area contributed by atoms with Crippen LogP contribution >= 0.6 is 27.7 Å². The summed E-state index contributed by atoms with van der Waals surface area (Å²) in [5.41, 5.74) is 0.440. The molecule has 3 nitrogen and oxygen atoms in total. The molecule has 0 aliphatic rings. The van der Waals surface area contributed by atoms with Crippen LogP contribution in [0.1, 0.15) is 15.9 Å². The molecule has 0 radical (unpaired) electrons. The third kappa shape index (κ3) is 3.78. The molecule has 0 amide bonds. The first-order chi connectivity index (χ1) is 9.06. The summed E-state index contributed by atoms with van der Waals surface area (Å²) >= 11 is 4.63. The minimum atomic E-state index is -1.06. The molecule has 0 atom stereocenters. The molecule has 0 saturated carbocycles. The molecule has 0 unspecified atom stereocenters. The molecule has 0 bridgehead atoms. The summed E-state index contributed by atoms with van der Waals surface area (Å²) in [5, 5.41) is 9.62. The first-order valence-electron chi connectivity index (χ1n) is 5.32. The molecular weight excluding hydrogens is 333 g/mol. The Labute approximate surface area is 122 Å². The Morgan fingerprint density at radius 2 is 2.16 bits per heavy atom. The Bertz CT molecular complexity index is 604. The zero-order valence-corrected chi connectivity index (χ0v) is 12.0. The van der Waals surface area contributed by atoms with Crippen LogP contribution < -0.4 is 0 Å². The lowest BCUT2D eigenvalue weighted by atomic mass is 10.1. The molecule has 0 fully saturated rings. The molecule has 1 N–H and O–H groups in total. The van der Waals surface area contributed by atoms with Crippen molar-refractivity contribution in [3.8, 4) is 0 Å². The second-order valence-electron chi connectivity index (χ2n) is 3.71. The second kappa shape index (κ2) is 6.16. The fourth-order valence-electron chi connectivity index (χ4n) is 1.42. The van der Waals surface area contributed by atoms with E-state index in [1.807, 2.05) is 12.1 Å². The predicted molar refractivity (Wildman–Crippen MR) is 74.9 cm³/mol. The molecule has 98 valence electrons. The van der Waals surface area contributed by atoms with Crippen LogP contribution in [0.25, 0.3) is 0 Å². The van der Waals surface area contributed by atoms with E-state index in [2.05, 4.69) is 20.9 Å². The molecule has 6 heteroatoms. The highest BCUT2D eigenvalue weighted by Gasteiger charge is 2.09. The van der Waals surface area contributed by atoms with Gasteiger partial charge in [-0.1, -0.05) is 0 Å². The summed E-state index contributed by atoms with van der Waals surface area (Å²) in [6, 6.07) is 7.44. The maximum absolute atomic E-state index is 13.6. The van der Waals surface area contributed by atoms with Crippen molar-refractivity contribution in [2.75, 3.05) is 0 Å². The third-order valence-corrected chi connectivity index (χ3v) is 3.83. The number of hydrogen-bond acceptors (Lipinski definition) is 3. The highest BCUT2D eigenvalue weighted by atomic mass is 79.9. The number of aromatic carboxylic acids is 1. The van der Waals surface area contributed by atoms with Gasteiger partial charge in [-0.3, -0.25) is 0 Å². The molecule has 1 heterocycles. The lowest BCUT2D eigenvalue weighted by Gasteiger charge is -2.04. The van der Waals surface area contributed by atoms with Gasteiger partial charge in [-0.2, -0.15) is 0 Å². The molecular formula is C13H9BrFNO2S. The highest BCUT2D eigenvalue weighted by molar-refractivity contribution is 9.10. The van der Waals surface area contributed by atoms with Gasteiger partial charge in [0.15, 0.2) is 0 Å². The van der Waals surface area contributed by atoms with Gasteiger partial charge >= 0.3 is 5.97 Å². The van der Waals surface area contributed by atoms with Gasteiger partial charge in [-0.15, -0.1) is 11.8 Å². The van der Waals surface area contributed by atoms with Crippen molar-refractivity contribution in [3.05, 3.63) is 57.9 Å². The van der Waals surface area contributed by atoms with Crippen molar-refractivity contribution >= 4 is 33.7 Å². The van der Waals surface area contributed by atoms with Crippen LogP contribution in [0, 0.1) is 5.82 Å². The zero-order valence-electron chi connectivity index (χ0n) is 9.64. The van der Waals surface area contributed by atoms with E-state index in [-0.39, 0.29) is 5.56 Å². The van der Waals surface area contributed by atoms with Crippen LogP contribution in [-0.4, -0.2) is 16.1 Å². The van der Waals surface area contributed by atoms with Crippen LogP contribution in [-0.2, 0) is 5.75 Å². The van der Waals surface area contributed by atoms with Gasteiger partial charge in [-0.25, -0.2) is 14.2 Å². The van der Waals surface area contributed by atoms with E-state index in [1.54, 1.807) is 6.20 Å². The topological polar surface area (TPSA) is 50.2 Å². The van der Waals surface area contributed by atoms with E-state index < -0.39 is 11.8 Å². The van der Waals surface area contributed by atoms with E-state index in [9.17, 15) is 9.18 Å². The van der Waals surface area contributed by atoms with Gasteiger partial charge in [0.1, 0.15) is 5.82 Å². The number of rotatable bonds is 4. The number of carbonyl (C=O) groups is 1. The SMILES string of the molecule is O=C(O)c1ccc(F)c(CSc2ccc(Br)cn2)c1. The van der Waals surface area contributed by atoms with Crippen LogP contribution in [0.2, 0.25) is 0 Å². The Morgan fingerprint density at radius 3 is 2.79 bits per heavy atom. The maximum atomic E-state index is 13.6. The van der Waals surface area contributed by atoms with E-state index in [1.165, 1.54) is 30.0 Å². The minimum absolute atomic E-state index is 0.0840. The van der Waals surface area contributed by atoms with E-state index in [4.69, 9.17) is 5.11 Å². The fourth-order valence-corrected chi connectivity index (χ4v) is 2.47. The summed E-state index contributed by atoms with van der Waals surface area (Å²) in [4.78, 5) is 15.0. The lowest BCUT2D eigenvalue weighted by Crippen LogP contribution is -1.99. The predicted octanol–water partition coefficient (Wildman–Crippen LogP) is 3.97. The van der Waals surface area contributed by atoms with E-state index in [0.29, 0.717) is 11.3 Å². The normalized spacial score (nSPS) is 10.4. The average molecular weight is 342 g/mol. The minimum Gasteiger partial charge on any atom is -0.478 e. The van der Waals surface area contributed by atoms with Crippen molar-refractivity contribution in [3.63, 3.8) is 0 Å². The molecule has 2 rings (SSSR count). The van der Waals surface area contributed by atoms with Crippen molar-refractivity contribution in [1.82, 2.24) is 4.98 Å². The van der Waals surface area contributed by atoms with Crippen LogP contribution in [0.15, 0.2) is 46.0 Å². The largest absolute Gasteiger partial charge is 0.478 e. The van der Waals surface area contributed by atoms with E-state index >= 15 is 0 Å². The quantitative estimate of drug-likeness (QED) is 0.854. The summed E-state index contributed by atoms with van der Waals surface area (Å²) in [6.07, 6.45) is 1.66. The highest BCUT2D eigenvalue weighted by Crippen LogP contribution is 2.24. The molecule has 0 aliphatic heterocycles. The Balaban J connectivity index is 2.12. The van der Waals surface area contributed by atoms with Gasteiger partial charge in [0.2, 0.25) is 0 Å². The Morgan fingerprint density at radius 1 is 1.37 bits per heavy atom. The molecule has 2 aromatic rings. The first kappa shape index (κ1) is 14.0. The van der Waals surface area contributed by atoms with Crippen molar-refractivity contribution < 1.29 is 14.3 Å². The smallest absolute Gasteiger partial charge is 0.335 e. The Hall–Kier alpha value is -1.40. The average Bonchev–Trinajstić information content (AvgIpc) is 2.39. The van der Waals surface area contributed by atoms with Gasteiger partial charge < -0.3 is 5.11 Å². The van der Waals surface area contributed by atoms with Crippen molar-refractivity contribution in [2.24, 2.45) is 0 Å². The van der Waals surface area contributed by atoms with E-state index in [0.717, 1.165) is 9.50 Å². The van der Waals surface area contributed by atoms with Crippen molar-refractivity contribution in [1.29, 1.82) is 0 Å². The van der Waals surface area contributed by atoms with Gasteiger partial charge in [-0.05, 0) is 51.8 Å². The molecule has 0 saturated heterocycles. The monoisotopic (exact) mass is 341 g/mol. The number of halogens is 2. The van der Waals surface area contributed by atoms with Gasteiger partial charge in [0, 0.05) is 16.4 Å². The van der Waals surface area contributed by atoms with Crippen LogP contribution in [0.5, 0.6) is 0 Å². The summed E-state index contributed by atoms with van der Waals surface area (Å²) < 4.78 is 14.4. The number of aromatic nitrogens is 1. The summed E-state index contributed by atoms with van der Waals surface area (Å²) in [7, 11) is 0. The zero-order chi connectivity index (χ0) is 13.8. The van der Waals surface area contributed by atoms with Crippen LogP contribution in [0.3, 0.4) is 0 Å². The number of hydrogen-bond donors (Lipinski definition) is 1. The third-order valence-electron chi connectivity index (χ3n) is 2.37. The number of pyridine rings is 1. The fraction of sp³-hybridized carbons (Fsp3) is 0.0769. The van der Waals surface area contributed by atoms with Crippen molar-refractivity contribution in [2.45, 2.75) is 10.8 Å². The second-order valence-corrected chi connectivity index (χ2v) is 5.63. The summed E-state index contributed by atoms with van der Waals surface area (Å²) in [5.74, 6) is -1.13. The standard InChI is InChI=1S/C13H9BrFNO2S/c14-10-2-4-12(16-6-10)19-7-9-5-8(13(17)18)1-3-11(9)15/h1-6H,7H2,(H,17,18). The number of carboxylic acids is 1. The molecule has 19 heavy (non-hydrogen) atoms. The number of benzene rings is 1. The number of thioether (sulfide) groups is 1. The van der Waals surface area contributed by atoms with Gasteiger partial charge in [0.05, 0.1) is 10.6 Å².